The number of halogens is 2. The van der Waals surface area contributed by atoms with Gasteiger partial charge in [-0.15, -0.1) is 0 Å². The number of hydrogen-bond donors (Lipinski definition) is 4. The first-order chi connectivity index (χ1) is 16.4. The van der Waals surface area contributed by atoms with Crippen molar-refractivity contribution in [2.45, 2.75) is 0 Å². The quantitative estimate of drug-likeness (QED) is 0.306. The van der Waals surface area contributed by atoms with Gasteiger partial charge in [-0.05, 0) is 54.6 Å². The number of carbonyl (C=O) groups is 2. The number of aromatic nitrogens is 2. The van der Waals surface area contributed by atoms with E-state index < -0.39 is 23.4 Å². The third-order valence-corrected chi connectivity index (χ3v) is 4.81. The van der Waals surface area contributed by atoms with E-state index in [9.17, 15) is 18.4 Å². The first kappa shape index (κ1) is 22.7. The van der Waals surface area contributed by atoms with Crippen LogP contribution < -0.4 is 21.7 Å². The fourth-order valence-electron chi connectivity index (χ4n) is 3.23. The molecule has 0 fully saturated rings. The molecule has 0 aliphatic heterocycles. The maximum absolute atomic E-state index is 14.5. The number of rotatable bonds is 7. The van der Waals surface area contributed by atoms with Crippen molar-refractivity contribution < 1.29 is 18.4 Å². The van der Waals surface area contributed by atoms with Crippen molar-refractivity contribution in [3.63, 3.8) is 0 Å². The number of nitrogens with two attached hydrogens (primary N) is 1. The summed E-state index contributed by atoms with van der Waals surface area (Å²) in [5.74, 6) is -1.33. The van der Waals surface area contributed by atoms with E-state index in [4.69, 9.17) is 5.73 Å². The molecule has 0 atom stereocenters. The normalized spacial score (nSPS) is 10.7. The van der Waals surface area contributed by atoms with Crippen molar-refractivity contribution in [3.05, 3.63) is 89.6 Å². The summed E-state index contributed by atoms with van der Waals surface area (Å²) < 4.78 is 27.8. The summed E-state index contributed by atoms with van der Waals surface area (Å²) in [6.45, 7) is 0.929. The lowest BCUT2D eigenvalue weighted by molar-refractivity contribution is 0.103. The van der Waals surface area contributed by atoms with Crippen molar-refractivity contribution in [3.8, 4) is 0 Å². The zero-order chi connectivity index (χ0) is 24.1. The summed E-state index contributed by atoms with van der Waals surface area (Å²) in [6.07, 6.45) is 1.56. The van der Waals surface area contributed by atoms with Crippen molar-refractivity contribution in [1.82, 2.24) is 9.97 Å². The number of hydrogen-bond acceptors (Lipinski definition) is 6. The Morgan fingerprint density at radius 3 is 2.47 bits per heavy atom. The SMILES string of the molecule is NCCNc1cnc2ccc(C(=O)c3cc(NC(=O)Nc4cccc(F)c4)ccc3F)cc2n1. The Morgan fingerprint density at radius 2 is 1.71 bits per heavy atom. The number of benzene rings is 3. The van der Waals surface area contributed by atoms with E-state index in [1.165, 1.54) is 42.5 Å². The van der Waals surface area contributed by atoms with Gasteiger partial charge in [0.05, 0.1) is 22.8 Å². The largest absolute Gasteiger partial charge is 0.368 e. The van der Waals surface area contributed by atoms with Crippen molar-refractivity contribution in [2.24, 2.45) is 5.73 Å². The Kier molecular flexibility index (Phi) is 6.69. The molecular formula is C24H20F2N6O2. The van der Waals surface area contributed by atoms with Crippen LogP contribution in [-0.2, 0) is 0 Å². The molecule has 1 heterocycles. The molecule has 0 saturated heterocycles. The van der Waals surface area contributed by atoms with Crippen LogP contribution in [0.15, 0.2) is 66.9 Å². The number of nitrogens with one attached hydrogen (secondary N) is 3. The third-order valence-electron chi connectivity index (χ3n) is 4.81. The van der Waals surface area contributed by atoms with E-state index in [1.54, 1.807) is 12.3 Å². The molecule has 4 aromatic rings. The number of carbonyl (C=O) groups excluding carboxylic acids is 2. The summed E-state index contributed by atoms with van der Waals surface area (Å²) in [7, 11) is 0. The molecule has 0 aliphatic rings. The summed E-state index contributed by atoms with van der Waals surface area (Å²) >= 11 is 0. The molecule has 8 nitrogen and oxygen atoms in total. The van der Waals surface area contributed by atoms with Crippen molar-refractivity contribution in [1.29, 1.82) is 0 Å². The topological polar surface area (TPSA) is 122 Å². The van der Waals surface area contributed by atoms with E-state index in [2.05, 4.69) is 25.9 Å². The number of anilines is 3. The fourth-order valence-corrected chi connectivity index (χ4v) is 3.23. The minimum absolute atomic E-state index is 0.188. The highest BCUT2D eigenvalue weighted by Crippen LogP contribution is 2.21. The Hall–Kier alpha value is -4.44. The molecule has 4 rings (SSSR count). The van der Waals surface area contributed by atoms with Crippen LogP contribution in [0, 0.1) is 11.6 Å². The van der Waals surface area contributed by atoms with Gasteiger partial charge in [-0.3, -0.25) is 9.78 Å². The molecule has 2 amide bonds. The summed E-state index contributed by atoms with van der Waals surface area (Å²) in [6, 6.07) is 13.0. The number of ketones is 1. The number of urea groups is 1. The molecule has 172 valence electrons. The lowest BCUT2D eigenvalue weighted by Crippen LogP contribution is -2.20. The van der Waals surface area contributed by atoms with E-state index in [0.717, 1.165) is 12.1 Å². The van der Waals surface area contributed by atoms with E-state index in [-0.39, 0.29) is 22.5 Å². The highest BCUT2D eigenvalue weighted by molar-refractivity contribution is 6.11. The van der Waals surface area contributed by atoms with Gasteiger partial charge in [0.25, 0.3) is 0 Å². The molecule has 0 saturated carbocycles. The highest BCUT2D eigenvalue weighted by Gasteiger charge is 2.17. The van der Waals surface area contributed by atoms with E-state index in [1.807, 2.05) is 0 Å². The molecule has 0 aliphatic carbocycles. The summed E-state index contributed by atoms with van der Waals surface area (Å²) in [5, 5.41) is 7.99. The van der Waals surface area contributed by atoms with Gasteiger partial charge in [0.2, 0.25) is 0 Å². The zero-order valence-electron chi connectivity index (χ0n) is 17.8. The second-order valence-corrected chi connectivity index (χ2v) is 7.29. The van der Waals surface area contributed by atoms with Crippen LogP contribution in [0.2, 0.25) is 0 Å². The van der Waals surface area contributed by atoms with Gasteiger partial charge in [0.15, 0.2) is 5.78 Å². The van der Waals surface area contributed by atoms with Crippen LogP contribution in [0.4, 0.5) is 30.8 Å². The highest BCUT2D eigenvalue weighted by atomic mass is 19.1. The van der Waals surface area contributed by atoms with Crippen LogP contribution in [0.25, 0.3) is 11.0 Å². The number of amides is 2. The molecular weight excluding hydrogens is 442 g/mol. The maximum Gasteiger partial charge on any atom is 0.323 e. The van der Waals surface area contributed by atoms with Gasteiger partial charge in [-0.25, -0.2) is 18.6 Å². The third kappa shape index (κ3) is 5.30. The van der Waals surface area contributed by atoms with E-state index >= 15 is 0 Å². The van der Waals surface area contributed by atoms with E-state index in [0.29, 0.717) is 29.9 Å². The molecule has 0 radical (unpaired) electrons. The lowest BCUT2D eigenvalue weighted by atomic mass is 10.0. The average molecular weight is 462 g/mol. The molecule has 0 unspecified atom stereocenters. The number of fused-ring (bicyclic) bond motifs is 1. The maximum atomic E-state index is 14.5. The van der Waals surface area contributed by atoms with Crippen LogP contribution in [0.5, 0.6) is 0 Å². The molecule has 0 spiro atoms. The fraction of sp³-hybridized carbons (Fsp3) is 0.0833. The lowest BCUT2D eigenvalue weighted by Gasteiger charge is -2.10. The smallest absolute Gasteiger partial charge is 0.323 e. The van der Waals surface area contributed by atoms with Gasteiger partial charge in [0.1, 0.15) is 17.5 Å². The second-order valence-electron chi connectivity index (χ2n) is 7.29. The molecule has 34 heavy (non-hydrogen) atoms. The van der Waals surface area contributed by atoms with Gasteiger partial charge >= 0.3 is 6.03 Å². The number of nitrogens with zero attached hydrogens (tertiary/aromatic N) is 2. The van der Waals surface area contributed by atoms with Crippen molar-refractivity contribution in [2.75, 3.05) is 29.0 Å². The van der Waals surface area contributed by atoms with Crippen LogP contribution in [0.1, 0.15) is 15.9 Å². The van der Waals surface area contributed by atoms with Crippen LogP contribution in [-0.4, -0.2) is 34.9 Å². The molecule has 10 heteroatoms. The Morgan fingerprint density at radius 1 is 0.912 bits per heavy atom. The average Bonchev–Trinajstić information content (AvgIpc) is 2.83. The monoisotopic (exact) mass is 462 g/mol. The van der Waals surface area contributed by atoms with Crippen molar-refractivity contribution >= 4 is 40.0 Å². The predicted molar refractivity (Wildman–Crippen MR) is 126 cm³/mol. The summed E-state index contributed by atoms with van der Waals surface area (Å²) in [4.78, 5) is 34.0. The van der Waals surface area contributed by atoms with Gasteiger partial charge < -0.3 is 21.7 Å². The Labute approximate surface area is 193 Å². The van der Waals surface area contributed by atoms with Gasteiger partial charge in [-0.2, -0.15) is 0 Å². The zero-order valence-corrected chi connectivity index (χ0v) is 17.8. The first-order valence-electron chi connectivity index (χ1n) is 10.3. The first-order valence-corrected chi connectivity index (χ1v) is 10.3. The summed E-state index contributed by atoms with van der Waals surface area (Å²) in [5.41, 5.74) is 6.92. The molecule has 3 aromatic carbocycles. The molecule has 5 N–H and O–H groups in total. The molecule has 1 aromatic heterocycles. The van der Waals surface area contributed by atoms with Crippen LogP contribution in [0.3, 0.4) is 0 Å². The van der Waals surface area contributed by atoms with Crippen LogP contribution >= 0.6 is 0 Å². The van der Waals surface area contributed by atoms with Gasteiger partial charge in [0, 0.05) is 30.0 Å². The standard InChI is InChI=1S/C24H20F2N6O2/c25-15-2-1-3-16(11-15)30-24(34)31-17-5-6-19(26)18(12-17)23(33)14-4-7-20-21(10-14)32-22(13-29-20)28-9-8-27/h1-7,10-13H,8-9,27H2,(H,28,32)(H2,30,31,34). The second kappa shape index (κ2) is 10.0. The minimum Gasteiger partial charge on any atom is -0.368 e. The Bertz CT molecular complexity index is 1380. The molecule has 0 bridgehead atoms. The minimum atomic E-state index is -0.745. The predicted octanol–water partition coefficient (Wildman–Crippen LogP) is 4.15. The van der Waals surface area contributed by atoms with Gasteiger partial charge in [-0.1, -0.05) is 6.07 Å². The Balaban J connectivity index is 1.55.